The molecule has 3 aromatic rings. The largest absolute Gasteiger partial charge is 0.494 e. The van der Waals surface area contributed by atoms with Crippen LogP contribution in [0.25, 0.3) is 11.0 Å². The zero-order chi connectivity index (χ0) is 21.3. The number of nitrogens with zero attached hydrogens (tertiary/aromatic N) is 3. The average Bonchev–Trinajstić information content (AvgIpc) is 3.51. The molecule has 0 radical (unpaired) electrons. The molecule has 1 aromatic heterocycles. The van der Waals surface area contributed by atoms with E-state index in [0.717, 1.165) is 35.6 Å². The summed E-state index contributed by atoms with van der Waals surface area (Å²) in [6, 6.07) is 13.9. The standard InChI is InChI=1S/C23H29N3O3S/c1-4-29-20-11-8-17(9-12-20)14-23-24-21-15-19(25(3)30(27,28)5-2)10-13-22(21)26(23)16-18-6-7-18/h8-13,15,18H,4-7,14,16H2,1-3H3. The molecule has 0 unspecified atom stereocenters. The predicted molar refractivity (Wildman–Crippen MR) is 121 cm³/mol. The number of sulfonamides is 1. The number of fused-ring (bicyclic) bond motifs is 1. The Morgan fingerprint density at radius 2 is 1.87 bits per heavy atom. The van der Waals surface area contributed by atoms with Crippen molar-refractivity contribution in [1.82, 2.24) is 9.55 Å². The van der Waals surface area contributed by atoms with Gasteiger partial charge in [-0.05, 0) is 68.5 Å². The van der Waals surface area contributed by atoms with E-state index in [-0.39, 0.29) is 5.75 Å². The first-order valence-corrected chi connectivity index (χ1v) is 12.2. The molecule has 1 aliphatic carbocycles. The van der Waals surface area contributed by atoms with Crippen molar-refractivity contribution in [3.05, 3.63) is 53.9 Å². The topological polar surface area (TPSA) is 64.4 Å². The molecule has 4 rings (SSSR count). The molecule has 0 aliphatic heterocycles. The smallest absolute Gasteiger partial charge is 0.234 e. The molecule has 1 heterocycles. The highest BCUT2D eigenvalue weighted by atomic mass is 32.2. The highest BCUT2D eigenvalue weighted by Gasteiger charge is 2.25. The molecule has 30 heavy (non-hydrogen) atoms. The highest BCUT2D eigenvalue weighted by Crippen LogP contribution is 2.34. The Bertz CT molecular complexity index is 1130. The Balaban J connectivity index is 1.68. The Hall–Kier alpha value is -2.54. The van der Waals surface area contributed by atoms with Crippen LogP contribution in [0.3, 0.4) is 0 Å². The van der Waals surface area contributed by atoms with Gasteiger partial charge in [-0.2, -0.15) is 0 Å². The number of anilines is 1. The summed E-state index contributed by atoms with van der Waals surface area (Å²) in [4.78, 5) is 4.91. The first kappa shape index (κ1) is 20.7. The molecule has 0 saturated heterocycles. The van der Waals surface area contributed by atoms with E-state index in [4.69, 9.17) is 9.72 Å². The molecule has 0 N–H and O–H groups in total. The lowest BCUT2D eigenvalue weighted by molar-refractivity contribution is 0.340. The molecule has 1 saturated carbocycles. The molecular formula is C23H29N3O3S. The molecule has 0 amide bonds. The SMILES string of the molecule is CCOc1ccc(Cc2nc3cc(N(C)S(=O)(=O)CC)ccc3n2CC2CC2)cc1. The number of rotatable bonds is 9. The van der Waals surface area contributed by atoms with E-state index >= 15 is 0 Å². The van der Waals surface area contributed by atoms with E-state index in [1.807, 2.05) is 37.3 Å². The van der Waals surface area contributed by atoms with Crippen LogP contribution in [-0.4, -0.2) is 37.4 Å². The van der Waals surface area contributed by atoms with Crippen LogP contribution in [0.1, 0.15) is 38.1 Å². The van der Waals surface area contributed by atoms with Gasteiger partial charge in [0.25, 0.3) is 0 Å². The summed E-state index contributed by atoms with van der Waals surface area (Å²) in [5, 5.41) is 0. The third-order valence-electron chi connectivity index (χ3n) is 5.69. The lowest BCUT2D eigenvalue weighted by Crippen LogP contribution is -2.27. The maximum absolute atomic E-state index is 12.3. The zero-order valence-electron chi connectivity index (χ0n) is 17.8. The predicted octanol–water partition coefficient (Wildman–Crippen LogP) is 4.22. The average molecular weight is 428 g/mol. The van der Waals surface area contributed by atoms with Crippen molar-refractivity contribution >= 4 is 26.7 Å². The number of benzene rings is 2. The molecule has 1 aliphatic rings. The van der Waals surface area contributed by atoms with Crippen molar-refractivity contribution in [2.45, 2.75) is 39.7 Å². The third kappa shape index (κ3) is 4.31. The number of hydrogen-bond donors (Lipinski definition) is 0. The number of imidazole rings is 1. The zero-order valence-corrected chi connectivity index (χ0v) is 18.7. The Morgan fingerprint density at radius 1 is 1.13 bits per heavy atom. The number of hydrogen-bond acceptors (Lipinski definition) is 4. The van der Waals surface area contributed by atoms with E-state index in [9.17, 15) is 8.42 Å². The van der Waals surface area contributed by atoms with Gasteiger partial charge >= 0.3 is 0 Å². The summed E-state index contributed by atoms with van der Waals surface area (Å²) in [7, 11) is -1.70. The monoisotopic (exact) mass is 427 g/mol. The maximum atomic E-state index is 12.3. The fourth-order valence-corrected chi connectivity index (χ4v) is 4.49. The lowest BCUT2D eigenvalue weighted by Gasteiger charge is -2.18. The summed E-state index contributed by atoms with van der Waals surface area (Å²) in [6.45, 7) is 5.25. The van der Waals surface area contributed by atoms with Crippen molar-refractivity contribution < 1.29 is 13.2 Å². The van der Waals surface area contributed by atoms with E-state index in [0.29, 0.717) is 18.2 Å². The second kappa shape index (κ2) is 8.30. The highest BCUT2D eigenvalue weighted by molar-refractivity contribution is 7.92. The molecule has 0 atom stereocenters. The fourth-order valence-electron chi connectivity index (χ4n) is 3.67. The number of ether oxygens (including phenoxy) is 1. The Kier molecular flexibility index (Phi) is 5.73. The van der Waals surface area contributed by atoms with Crippen LogP contribution < -0.4 is 9.04 Å². The molecule has 1 fully saturated rings. The van der Waals surface area contributed by atoms with Crippen molar-refractivity contribution in [3.8, 4) is 5.75 Å². The summed E-state index contributed by atoms with van der Waals surface area (Å²) in [5.74, 6) is 2.67. The second-order valence-electron chi connectivity index (χ2n) is 7.88. The van der Waals surface area contributed by atoms with Crippen LogP contribution in [0.2, 0.25) is 0 Å². The summed E-state index contributed by atoms with van der Waals surface area (Å²) < 4.78 is 33.7. The summed E-state index contributed by atoms with van der Waals surface area (Å²) in [5.41, 5.74) is 3.73. The normalized spacial score (nSPS) is 14.2. The van der Waals surface area contributed by atoms with E-state index in [2.05, 4.69) is 16.7 Å². The van der Waals surface area contributed by atoms with Gasteiger partial charge in [0, 0.05) is 20.0 Å². The Labute approximate surface area is 178 Å². The van der Waals surface area contributed by atoms with Crippen LogP contribution in [0, 0.1) is 5.92 Å². The van der Waals surface area contributed by atoms with Crippen LogP contribution in [-0.2, 0) is 23.0 Å². The second-order valence-corrected chi connectivity index (χ2v) is 10.2. The van der Waals surface area contributed by atoms with E-state index in [1.165, 1.54) is 22.7 Å². The molecule has 2 aromatic carbocycles. The van der Waals surface area contributed by atoms with Gasteiger partial charge < -0.3 is 9.30 Å². The minimum Gasteiger partial charge on any atom is -0.494 e. The molecule has 6 nitrogen and oxygen atoms in total. The molecular weight excluding hydrogens is 398 g/mol. The van der Waals surface area contributed by atoms with Crippen molar-refractivity contribution in [2.24, 2.45) is 5.92 Å². The Morgan fingerprint density at radius 3 is 2.50 bits per heavy atom. The van der Waals surface area contributed by atoms with Crippen LogP contribution in [0.15, 0.2) is 42.5 Å². The third-order valence-corrected chi connectivity index (χ3v) is 7.47. The van der Waals surface area contributed by atoms with Crippen LogP contribution >= 0.6 is 0 Å². The molecule has 160 valence electrons. The van der Waals surface area contributed by atoms with Gasteiger partial charge in [0.15, 0.2) is 0 Å². The first-order valence-electron chi connectivity index (χ1n) is 10.6. The van der Waals surface area contributed by atoms with Crippen LogP contribution in [0.4, 0.5) is 5.69 Å². The molecule has 0 spiro atoms. The fraction of sp³-hybridized carbons (Fsp3) is 0.435. The van der Waals surface area contributed by atoms with Gasteiger partial charge in [-0.15, -0.1) is 0 Å². The van der Waals surface area contributed by atoms with Crippen molar-refractivity contribution in [1.29, 1.82) is 0 Å². The van der Waals surface area contributed by atoms with Gasteiger partial charge in [-0.25, -0.2) is 13.4 Å². The van der Waals surface area contributed by atoms with Crippen molar-refractivity contribution in [2.75, 3.05) is 23.7 Å². The van der Waals surface area contributed by atoms with Crippen molar-refractivity contribution in [3.63, 3.8) is 0 Å². The van der Waals surface area contributed by atoms with E-state index in [1.54, 1.807) is 14.0 Å². The van der Waals surface area contributed by atoms with Gasteiger partial charge in [0.2, 0.25) is 10.0 Å². The van der Waals surface area contributed by atoms with Gasteiger partial charge in [0.05, 0.1) is 29.1 Å². The van der Waals surface area contributed by atoms with Gasteiger partial charge in [-0.1, -0.05) is 12.1 Å². The summed E-state index contributed by atoms with van der Waals surface area (Å²) >= 11 is 0. The first-order chi connectivity index (χ1) is 14.4. The van der Waals surface area contributed by atoms with E-state index < -0.39 is 10.0 Å². The molecule has 7 heteroatoms. The number of aromatic nitrogens is 2. The van der Waals surface area contributed by atoms with Crippen LogP contribution in [0.5, 0.6) is 5.75 Å². The quantitative estimate of drug-likeness (QED) is 0.513. The van der Waals surface area contributed by atoms with Gasteiger partial charge in [0.1, 0.15) is 11.6 Å². The van der Waals surface area contributed by atoms with Gasteiger partial charge in [-0.3, -0.25) is 4.31 Å². The lowest BCUT2D eigenvalue weighted by atomic mass is 10.1. The maximum Gasteiger partial charge on any atom is 0.234 e. The summed E-state index contributed by atoms with van der Waals surface area (Å²) in [6.07, 6.45) is 3.25. The minimum atomic E-state index is -3.30. The minimum absolute atomic E-state index is 0.0701. The molecule has 0 bridgehead atoms.